The van der Waals surface area contributed by atoms with E-state index >= 15 is 0 Å². The van der Waals surface area contributed by atoms with Gasteiger partial charge in [-0.05, 0) is 65.5 Å². The van der Waals surface area contributed by atoms with E-state index in [9.17, 15) is 19.5 Å². The Kier molecular flexibility index (Phi) is 11.0. The summed E-state index contributed by atoms with van der Waals surface area (Å²) in [4.78, 5) is 41.2. The summed E-state index contributed by atoms with van der Waals surface area (Å²) in [6, 6.07) is 3.66. The van der Waals surface area contributed by atoms with Crippen molar-refractivity contribution < 1.29 is 24.2 Å². The van der Waals surface area contributed by atoms with Gasteiger partial charge < -0.3 is 25.4 Å². The first kappa shape index (κ1) is 29.4. The minimum Gasteiger partial charge on any atom is -0.444 e. The fraction of sp³-hybridized carbons (Fsp3) is 0.654. The number of nitrogens with one attached hydrogen (secondary N) is 2. The van der Waals surface area contributed by atoms with Gasteiger partial charge in [-0.3, -0.25) is 9.59 Å². The Morgan fingerprint density at radius 3 is 2.18 bits per heavy atom. The SMILES string of the molecule is CCC(C)C(NC(=O)OC(C)(C)C)C(=O)N(CCO)C(C(=O)NC(C)C)c1ccc(C)cc1C. The molecule has 3 N–H and O–H groups in total. The predicted octanol–water partition coefficient (Wildman–Crippen LogP) is 3.63. The molecule has 1 rings (SSSR count). The van der Waals surface area contributed by atoms with Crippen LogP contribution >= 0.6 is 0 Å². The van der Waals surface area contributed by atoms with E-state index in [4.69, 9.17) is 4.74 Å². The third-order valence-electron chi connectivity index (χ3n) is 5.49. The molecule has 0 saturated heterocycles. The van der Waals surface area contributed by atoms with Crippen LogP contribution in [0.2, 0.25) is 0 Å². The van der Waals surface area contributed by atoms with Crippen LogP contribution < -0.4 is 10.6 Å². The molecule has 1 aromatic rings. The van der Waals surface area contributed by atoms with Crippen molar-refractivity contribution in [3.63, 3.8) is 0 Å². The van der Waals surface area contributed by atoms with Crippen molar-refractivity contribution in [1.82, 2.24) is 15.5 Å². The quantitative estimate of drug-likeness (QED) is 0.477. The molecule has 3 atom stereocenters. The number of rotatable bonds is 10. The molecule has 3 amide bonds. The smallest absolute Gasteiger partial charge is 0.408 e. The molecule has 1 aromatic carbocycles. The van der Waals surface area contributed by atoms with E-state index in [1.165, 1.54) is 4.90 Å². The third kappa shape index (κ3) is 8.63. The van der Waals surface area contributed by atoms with Crippen LogP contribution in [-0.4, -0.2) is 58.8 Å². The van der Waals surface area contributed by atoms with Crippen molar-refractivity contribution in [2.45, 2.75) is 92.5 Å². The summed E-state index contributed by atoms with van der Waals surface area (Å²) in [7, 11) is 0. The maximum atomic E-state index is 13.9. The Hall–Kier alpha value is -2.61. The molecule has 0 fully saturated rings. The second kappa shape index (κ2) is 12.7. The summed E-state index contributed by atoms with van der Waals surface area (Å²) in [5.41, 5.74) is 1.84. The van der Waals surface area contributed by atoms with Crippen molar-refractivity contribution in [3.05, 3.63) is 34.9 Å². The summed E-state index contributed by atoms with van der Waals surface area (Å²) in [5.74, 6) is -1.02. The first-order chi connectivity index (χ1) is 15.7. The van der Waals surface area contributed by atoms with Gasteiger partial charge in [-0.2, -0.15) is 0 Å². The second-order valence-corrected chi connectivity index (χ2v) is 10.2. The van der Waals surface area contributed by atoms with Crippen LogP contribution in [0.1, 0.15) is 77.6 Å². The van der Waals surface area contributed by atoms with Crippen LogP contribution in [0.5, 0.6) is 0 Å². The lowest BCUT2D eigenvalue weighted by Crippen LogP contribution is -2.56. The number of carbonyl (C=O) groups excluding carboxylic acids is 3. The second-order valence-electron chi connectivity index (χ2n) is 10.2. The molecule has 34 heavy (non-hydrogen) atoms. The number of benzene rings is 1. The van der Waals surface area contributed by atoms with Crippen LogP contribution in [0.25, 0.3) is 0 Å². The normalized spacial score (nSPS) is 14.2. The lowest BCUT2D eigenvalue weighted by molar-refractivity contribution is -0.144. The Bertz CT molecular complexity index is 847. The highest BCUT2D eigenvalue weighted by Crippen LogP contribution is 2.27. The highest BCUT2D eigenvalue weighted by Gasteiger charge is 2.38. The molecule has 0 bridgehead atoms. The zero-order chi connectivity index (χ0) is 26.2. The molecule has 0 heterocycles. The lowest BCUT2D eigenvalue weighted by atomic mass is 9.93. The van der Waals surface area contributed by atoms with Gasteiger partial charge in [0.2, 0.25) is 11.8 Å². The van der Waals surface area contributed by atoms with Crippen molar-refractivity contribution in [2.24, 2.45) is 5.92 Å². The number of alkyl carbamates (subject to hydrolysis) is 1. The van der Waals surface area contributed by atoms with Crippen molar-refractivity contribution >= 4 is 17.9 Å². The Morgan fingerprint density at radius 2 is 1.71 bits per heavy atom. The standard InChI is InChI=1S/C26H43N3O5/c1-10-18(5)21(28-25(33)34-26(7,8)9)24(32)29(13-14-30)22(23(31)27-16(2)3)20-12-11-17(4)15-19(20)6/h11-12,15-16,18,21-22,30H,10,13-14H2,1-9H3,(H,27,31)(H,28,33). The average Bonchev–Trinajstić information content (AvgIpc) is 2.70. The third-order valence-corrected chi connectivity index (χ3v) is 5.49. The molecule has 3 unspecified atom stereocenters. The van der Waals surface area contributed by atoms with Gasteiger partial charge in [-0.25, -0.2) is 4.79 Å². The largest absolute Gasteiger partial charge is 0.444 e. The van der Waals surface area contributed by atoms with Crippen molar-refractivity contribution in [2.75, 3.05) is 13.2 Å². The summed E-state index contributed by atoms with van der Waals surface area (Å²) in [6.07, 6.45) is -0.0872. The van der Waals surface area contributed by atoms with Crippen LogP contribution in [0.3, 0.4) is 0 Å². The van der Waals surface area contributed by atoms with Crippen LogP contribution in [0.15, 0.2) is 18.2 Å². The van der Waals surface area contributed by atoms with Gasteiger partial charge in [0.15, 0.2) is 0 Å². The maximum Gasteiger partial charge on any atom is 0.408 e. The van der Waals surface area contributed by atoms with Crippen molar-refractivity contribution in [3.8, 4) is 0 Å². The minimum atomic E-state index is -0.963. The van der Waals surface area contributed by atoms with Crippen LogP contribution in [0, 0.1) is 19.8 Å². The van der Waals surface area contributed by atoms with Gasteiger partial charge >= 0.3 is 6.09 Å². The number of carbonyl (C=O) groups is 3. The molecular formula is C26H43N3O5. The summed E-state index contributed by atoms with van der Waals surface area (Å²) in [6.45, 7) is 16.2. The number of ether oxygens (including phenoxy) is 1. The predicted molar refractivity (Wildman–Crippen MR) is 133 cm³/mol. The first-order valence-electron chi connectivity index (χ1n) is 12.0. The molecule has 0 spiro atoms. The van der Waals surface area contributed by atoms with Crippen LogP contribution in [0.4, 0.5) is 4.79 Å². The number of aryl methyl sites for hydroxylation is 2. The fourth-order valence-electron chi connectivity index (χ4n) is 3.72. The Balaban J connectivity index is 3.51. The molecule has 0 saturated carbocycles. The highest BCUT2D eigenvalue weighted by molar-refractivity contribution is 5.92. The van der Waals surface area contributed by atoms with Crippen molar-refractivity contribution in [1.29, 1.82) is 0 Å². The molecule has 192 valence electrons. The molecule has 8 nitrogen and oxygen atoms in total. The zero-order valence-electron chi connectivity index (χ0n) is 22.2. The summed E-state index contributed by atoms with van der Waals surface area (Å²) < 4.78 is 5.38. The Morgan fingerprint density at radius 1 is 1.09 bits per heavy atom. The van der Waals surface area contributed by atoms with E-state index in [0.717, 1.165) is 11.1 Å². The molecular weight excluding hydrogens is 434 g/mol. The highest BCUT2D eigenvalue weighted by atomic mass is 16.6. The monoisotopic (exact) mass is 477 g/mol. The van der Waals surface area contributed by atoms with E-state index in [2.05, 4.69) is 10.6 Å². The summed E-state index contributed by atoms with van der Waals surface area (Å²) >= 11 is 0. The Labute approximate surface area is 204 Å². The minimum absolute atomic E-state index is 0.0642. The van der Waals surface area contributed by atoms with Crippen LogP contribution in [-0.2, 0) is 14.3 Å². The van der Waals surface area contributed by atoms with E-state index in [0.29, 0.717) is 12.0 Å². The van der Waals surface area contributed by atoms with Gasteiger partial charge in [0.1, 0.15) is 17.7 Å². The molecule has 0 aliphatic heterocycles. The van der Waals surface area contributed by atoms with Gasteiger partial charge in [-0.15, -0.1) is 0 Å². The zero-order valence-corrected chi connectivity index (χ0v) is 22.2. The fourth-order valence-corrected chi connectivity index (χ4v) is 3.72. The number of hydrogen-bond donors (Lipinski definition) is 3. The van der Waals surface area contributed by atoms with Gasteiger partial charge in [0.05, 0.1) is 6.61 Å². The number of amides is 3. The molecule has 8 heteroatoms. The molecule has 0 aliphatic rings. The average molecular weight is 478 g/mol. The topological polar surface area (TPSA) is 108 Å². The van der Waals surface area contributed by atoms with E-state index in [1.807, 2.05) is 59.7 Å². The number of hydrogen-bond acceptors (Lipinski definition) is 5. The maximum absolute atomic E-state index is 13.9. The first-order valence-corrected chi connectivity index (χ1v) is 12.0. The molecule has 0 radical (unpaired) electrons. The number of aliphatic hydroxyl groups excluding tert-OH is 1. The van der Waals surface area contributed by atoms with E-state index < -0.39 is 29.7 Å². The van der Waals surface area contributed by atoms with Gasteiger partial charge in [0, 0.05) is 12.6 Å². The van der Waals surface area contributed by atoms with E-state index in [1.54, 1.807) is 20.8 Å². The number of aliphatic hydroxyl groups is 1. The molecule has 0 aliphatic carbocycles. The summed E-state index contributed by atoms with van der Waals surface area (Å²) in [5, 5.41) is 15.4. The number of nitrogens with zero attached hydrogens (tertiary/aromatic N) is 1. The van der Waals surface area contributed by atoms with Gasteiger partial charge in [0.25, 0.3) is 0 Å². The molecule has 0 aromatic heterocycles. The van der Waals surface area contributed by atoms with E-state index in [-0.39, 0.29) is 31.0 Å². The van der Waals surface area contributed by atoms with Gasteiger partial charge in [-0.1, -0.05) is 44.0 Å². The lowest BCUT2D eigenvalue weighted by Gasteiger charge is -2.36.